The first-order chi connectivity index (χ1) is 25.0. The van der Waals surface area contributed by atoms with Crippen molar-refractivity contribution in [2.75, 3.05) is 13.2 Å². The van der Waals surface area contributed by atoms with Gasteiger partial charge in [-0.15, -0.1) is 0 Å². The van der Waals surface area contributed by atoms with Crippen molar-refractivity contribution in [1.82, 2.24) is 0 Å². The fourth-order valence-corrected chi connectivity index (χ4v) is 4.37. The van der Waals surface area contributed by atoms with E-state index < -0.39 is 134 Å². The van der Waals surface area contributed by atoms with Gasteiger partial charge in [0.15, 0.2) is 24.6 Å². The third-order valence-corrected chi connectivity index (χ3v) is 7.22. The Hall–Kier alpha value is -3.67. The average Bonchev–Trinajstić information content (AvgIpc) is 3.00. The van der Waals surface area contributed by atoms with Crippen LogP contribution in [0.4, 0.5) is 92.2 Å². The molecule has 0 radical (unpaired) electrons. The van der Waals surface area contributed by atoms with Gasteiger partial charge < -0.3 is 28.4 Å². The molecule has 57 heavy (non-hydrogen) atoms. The second-order valence-electron chi connectivity index (χ2n) is 11.5. The van der Waals surface area contributed by atoms with Gasteiger partial charge in [-0.2, -0.15) is 92.2 Å². The van der Waals surface area contributed by atoms with Crippen LogP contribution in [0, 0.1) is 0 Å². The molecule has 0 aliphatic carbocycles. The predicted octanol–water partition coefficient (Wildman–Crippen LogP) is 6.76. The zero-order valence-electron chi connectivity index (χ0n) is 28.0. The number of ether oxygens (including phenoxy) is 6. The summed E-state index contributed by atoms with van der Waals surface area (Å²) in [6.07, 6.45) is -22.6. The first-order valence-electron chi connectivity index (χ1n) is 14.4. The second kappa shape index (κ2) is 16.2. The molecule has 0 aromatic rings. The van der Waals surface area contributed by atoms with Crippen molar-refractivity contribution in [3.05, 3.63) is 0 Å². The Morgan fingerprint density at radius 3 is 1.14 bits per heavy atom. The minimum absolute atomic E-state index is 0.558. The monoisotopic (exact) mass is 894 g/mol. The Labute approximate surface area is 302 Å². The lowest BCUT2D eigenvalue weighted by molar-refractivity contribution is -0.474. The molecule has 0 saturated carbocycles. The summed E-state index contributed by atoms with van der Waals surface area (Å²) in [5.41, 5.74) is 0. The van der Waals surface area contributed by atoms with Crippen molar-refractivity contribution in [3.8, 4) is 0 Å². The van der Waals surface area contributed by atoms with Crippen LogP contribution >= 0.6 is 0 Å². The van der Waals surface area contributed by atoms with Gasteiger partial charge in [0.1, 0.15) is 12.7 Å². The van der Waals surface area contributed by atoms with Crippen LogP contribution in [0.3, 0.4) is 0 Å². The Morgan fingerprint density at radius 1 is 0.456 bits per heavy atom. The van der Waals surface area contributed by atoms with Gasteiger partial charge in [-0.05, 0) is 0 Å². The molecule has 10 nitrogen and oxygen atoms in total. The molecule has 1 saturated heterocycles. The molecule has 0 amide bonds. The summed E-state index contributed by atoms with van der Waals surface area (Å²) in [5, 5.41) is 0. The van der Waals surface area contributed by atoms with E-state index in [0.717, 1.165) is 6.92 Å². The molecule has 1 aliphatic heterocycles. The smallest absolute Gasteiger partial charge is 0.460 e. The summed E-state index contributed by atoms with van der Waals surface area (Å²) >= 11 is 0. The zero-order chi connectivity index (χ0) is 45.6. The maximum Gasteiger partial charge on any atom is 0.460 e. The molecule has 0 spiro atoms. The lowest BCUT2D eigenvalue weighted by Crippen LogP contribution is -2.76. The lowest BCUT2D eigenvalue weighted by atomic mass is 9.86. The number of rotatable bonds is 17. The van der Waals surface area contributed by atoms with Crippen molar-refractivity contribution >= 4 is 23.9 Å². The second-order valence-corrected chi connectivity index (χ2v) is 11.5. The van der Waals surface area contributed by atoms with Gasteiger partial charge in [-0.25, -0.2) is 0 Å². The predicted molar refractivity (Wildman–Crippen MR) is 133 cm³/mol. The summed E-state index contributed by atoms with van der Waals surface area (Å²) in [4.78, 5) is 46.5. The van der Waals surface area contributed by atoms with Crippen LogP contribution in [-0.4, -0.2) is 127 Å². The molecular formula is C26H23F21O10. The average molecular weight is 894 g/mol. The van der Waals surface area contributed by atoms with E-state index in [1.165, 1.54) is 0 Å². The molecule has 31 heteroatoms. The Kier molecular flexibility index (Phi) is 14.6. The Balaban J connectivity index is 3.64. The number of carbonyl (C=O) groups excluding carboxylic acids is 4. The first-order valence-corrected chi connectivity index (χ1v) is 14.4. The molecular weight excluding hydrogens is 871 g/mol. The number of halogens is 21. The summed E-state index contributed by atoms with van der Waals surface area (Å²) in [7, 11) is 0. The standard InChI is InChI=1S/C26H23F21O10/c1-8(48)53-7-12-13(54-9(2)49)14(55-10(3)50)15(56-11(4)51)16(57-12)52-6-5-17(27,28)18(29,30)19(31,32)20(33,34)21(35,36)22(37,38)23(39,40)24(41,42)25(43,44)26(45,46)47/h12-16H,5-7H2,1-4H3/t12-,13-,14+,15+,16?/m1/s1. The summed E-state index contributed by atoms with van der Waals surface area (Å²) in [5.74, 6) is -84.0. The summed E-state index contributed by atoms with van der Waals surface area (Å²) < 4.78 is 316. The number of alkyl halides is 21. The SMILES string of the molecule is CC(=O)OC[C@H]1OC(OCCC(F)(F)C(F)(F)C(F)(F)C(F)(F)C(F)(F)C(F)(F)C(F)(F)C(F)(F)C(F)(F)C(F)(F)F)[C@@H](OC(C)=O)[C@@H](OC(C)=O)[C@@H]1OC(C)=O. The fraction of sp³-hybridized carbons (Fsp3) is 0.846. The molecule has 0 aromatic carbocycles. The fourth-order valence-electron chi connectivity index (χ4n) is 4.37. The van der Waals surface area contributed by atoms with Gasteiger partial charge in [-0.1, -0.05) is 0 Å². The maximum atomic E-state index is 14.5. The maximum absolute atomic E-state index is 14.5. The third-order valence-electron chi connectivity index (χ3n) is 7.22. The molecule has 1 rings (SSSR count). The van der Waals surface area contributed by atoms with E-state index in [0.29, 0.717) is 20.8 Å². The van der Waals surface area contributed by atoms with Crippen LogP contribution in [0.15, 0.2) is 0 Å². The van der Waals surface area contributed by atoms with E-state index >= 15 is 0 Å². The van der Waals surface area contributed by atoms with Gasteiger partial charge >= 0.3 is 83.4 Å². The zero-order valence-corrected chi connectivity index (χ0v) is 28.0. The van der Waals surface area contributed by atoms with Crippen molar-refractivity contribution in [2.24, 2.45) is 0 Å². The normalized spacial score (nSPS) is 22.4. The minimum atomic E-state index is -9.34. The largest absolute Gasteiger partial charge is 0.463 e. The van der Waals surface area contributed by atoms with Gasteiger partial charge in [0.05, 0.1) is 6.61 Å². The van der Waals surface area contributed by atoms with Crippen LogP contribution in [0.25, 0.3) is 0 Å². The molecule has 334 valence electrons. The molecule has 1 aliphatic rings. The van der Waals surface area contributed by atoms with Crippen molar-refractivity contribution < 1.29 is 140 Å². The Morgan fingerprint density at radius 2 is 0.789 bits per heavy atom. The van der Waals surface area contributed by atoms with E-state index in [2.05, 4.69) is 9.47 Å². The molecule has 1 heterocycles. The van der Waals surface area contributed by atoms with Crippen molar-refractivity contribution in [1.29, 1.82) is 0 Å². The highest BCUT2D eigenvalue weighted by Crippen LogP contribution is 2.66. The molecule has 0 N–H and O–H groups in total. The van der Waals surface area contributed by atoms with Crippen LogP contribution in [-0.2, 0) is 47.6 Å². The number of esters is 4. The summed E-state index contributed by atoms with van der Waals surface area (Å²) in [6, 6.07) is 0. The molecule has 5 atom stereocenters. The highest BCUT2D eigenvalue weighted by molar-refractivity contribution is 5.68. The van der Waals surface area contributed by atoms with Crippen molar-refractivity contribution in [2.45, 2.75) is 124 Å². The van der Waals surface area contributed by atoms with E-state index in [1.54, 1.807) is 0 Å². The van der Waals surface area contributed by atoms with Crippen molar-refractivity contribution in [3.63, 3.8) is 0 Å². The summed E-state index contributed by atoms with van der Waals surface area (Å²) in [6.45, 7) is -0.822. The van der Waals surface area contributed by atoms with Gasteiger partial charge in [0.2, 0.25) is 0 Å². The third kappa shape index (κ3) is 9.00. The molecule has 1 fully saturated rings. The highest BCUT2D eigenvalue weighted by Gasteiger charge is 2.97. The van der Waals surface area contributed by atoms with Gasteiger partial charge in [0, 0.05) is 34.1 Å². The van der Waals surface area contributed by atoms with E-state index in [9.17, 15) is 111 Å². The minimum Gasteiger partial charge on any atom is -0.463 e. The van der Waals surface area contributed by atoms with Crippen LogP contribution in [0.2, 0.25) is 0 Å². The Bertz CT molecular complexity index is 1480. The molecule has 1 unspecified atom stereocenters. The lowest BCUT2D eigenvalue weighted by Gasteiger charge is -2.45. The van der Waals surface area contributed by atoms with Gasteiger partial charge in [-0.3, -0.25) is 19.2 Å². The molecule has 0 bridgehead atoms. The van der Waals surface area contributed by atoms with Crippen LogP contribution < -0.4 is 0 Å². The van der Waals surface area contributed by atoms with E-state index in [1.807, 2.05) is 0 Å². The molecule has 0 aromatic heterocycles. The van der Waals surface area contributed by atoms with Gasteiger partial charge in [0.25, 0.3) is 0 Å². The number of hydrogen-bond acceptors (Lipinski definition) is 10. The van der Waals surface area contributed by atoms with E-state index in [4.69, 9.17) is 18.9 Å². The number of carbonyl (C=O) groups is 4. The van der Waals surface area contributed by atoms with E-state index in [-0.39, 0.29) is 0 Å². The first kappa shape index (κ1) is 51.3. The number of hydrogen-bond donors (Lipinski definition) is 0. The highest BCUT2D eigenvalue weighted by atomic mass is 19.4. The van der Waals surface area contributed by atoms with Crippen LogP contribution in [0.5, 0.6) is 0 Å². The topological polar surface area (TPSA) is 124 Å². The quantitative estimate of drug-likeness (QED) is 0.0880. The van der Waals surface area contributed by atoms with Crippen LogP contribution in [0.1, 0.15) is 34.1 Å².